The number of carbonyl (C=O) groups excluding carboxylic acids is 1. The Kier molecular flexibility index (Phi) is 6.06. The van der Waals surface area contributed by atoms with Crippen molar-refractivity contribution in [3.8, 4) is 0 Å². The molecule has 2 aliphatic rings. The number of nitrogens with one attached hydrogen (secondary N) is 1. The first-order valence-corrected chi connectivity index (χ1v) is 8.69. The second-order valence-electron chi connectivity index (χ2n) is 7.06. The molecule has 2 fully saturated rings. The van der Waals surface area contributed by atoms with Gasteiger partial charge in [0.25, 0.3) is 0 Å². The molecule has 1 aliphatic heterocycles. The van der Waals surface area contributed by atoms with Crippen LogP contribution in [0.25, 0.3) is 0 Å². The zero-order chi connectivity index (χ0) is 15.3. The maximum Gasteiger partial charge on any atom is 0.308 e. The van der Waals surface area contributed by atoms with Crippen molar-refractivity contribution in [2.24, 2.45) is 11.3 Å². The number of rotatable bonds is 6. The Morgan fingerprint density at radius 3 is 2.52 bits per heavy atom. The smallest absolute Gasteiger partial charge is 0.308 e. The van der Waals surface area contributed by atoms with Crippen molar-refractivity contribution in [3.63, 3.8) is 0 Å². The van der Waals surface area contributed by atoms with E-state index in [-0.39, 0.29) is 11.9 Å². The van der Waals surface area contributed by atoms with Crippen molar-refractivity contribution in [1.82, 2.24) is 10.2 Å². The maximum atomic E-state index is 11.8. The predicted molar refractivity (Wildman–Crippen MR) is 85.2 cm³/mol. The van der Waals surface area contributed by atoms with Crippen molar-refractivity contribution >= 4 is 5.97 Å². The van der Waals surface area contributed by atoms with Crippen LogP contribution in [0.2, 0.25) is 0 Å². The SMILES string of the molecule is CCOC(=O)C1CCC(N(CC)CC2(C)CCNC2)CC1. The first-order chi connectivity index (χ1) is 10.1. The molecule has 4 nitrogen and oxygen atoms in total. The van der Waals surface area contributed by atoms with E-state index < -0.39 is 0 Å². The highest BCUT2D eigenvalue weighted by Gasteiger charge is 2.35. The van der Waals surface area contributed by atoms with Gasteiger partial charge in [-0.3, -0.25) is 4.79 Å². The molecule has 122 valence electrons. The maximum absolute atomic E-state index is 11.8. The van der Waals surface area contributed by atoms with Crippen LogP contribution in [0.4, 0.5) is 0 Å². The van der Waals surface area contributed by atoms with E-state index in [9.17, 15) is 4.79 Å². The molecule has 21 heavy (non-hydrogen) atoms. The summed E-state index contributed by atoms with van der Waals surface area (Å²) >= 11 is 0. The summed E-state index contributed by atoms with van der Waals surface area (Å²) in [4.78, 5) is 14.5. The molecule has 1 aliphatic carbocycles. The van der Waals surface area contributed by atoms with Gasteiger partial charge in [0, 0.05) is 19.1 Å². The molecule has 0 aromatic carbocycles. The molecule has 0 bridgehead atoms. The lowest BCUT2D eigenvalue weighted by molar-refractivity contribution is -0.149. The van der Waals surface area contributed by atoms with Gasteiger partial charge in [0.15, 0.2) is 0 Å². The lowest BCUT2D eigenvalue weighted by atomic mass is 9.83. The van der Waals surface area contributed by atoms with Crippen LogP contribution in [0.1, 0.15) is 52.9 Å². The third-order valence-electron chi connectivity index (χ3n) is 5.28. The zero-order valence-corrected chi connectivity index (χ0v) is 14.0. The second kappa shape index (κ2) is 7.59. The van der Waals surface area contributed by atoms with Crippen LogP contribution in [0.15, 0.2) is 0 Å². The average Bonchev–Trinajstić information content (AvgIpc) is 2.92. The quantitative estimate of drug-likeness (QED) is 0.764. The molecule has 1 N–H and O–H groups in total. The van der Waals surface area contributed by atoms with Crippen molar-refractivity contribution in [2.75, 3.05) is 32.8 Å². The third kappa shape index (κ3) is 4.43. The van der Waals surface area contributed by atoms with Gasteiger partial charge in [0.2, 0.25) is 0 Å². The second-order valence-corrected chi connectivity index (χ2v) is 7.06. The van der Waals surface area contributed by atoms with E-state index >= 15 is 0 Å². The Balaban J connectivity index is 1.83. The largest absolute Gasteiger partial charge is 0.466 e. The summed E-state index contributed by atoms with van der Waals surface area (Å²) in [6.45, 7) is 11.7. The molecular formula is C17H32N2O2. The summed E-state index contributed by atoms with van der Waals surface area (Å²) in [5.41, 5.74) is 0.425. The van der Waals surface area contributed by atoms with Crippen LogP contribution in [0.5, 0.6) is 0 Å². The van der Waals surface area contributed by atoms with E-state index in [0.29, 0.717) is 18.1 Å². The lowest BCUT2D eigenvalue weighted by Gasteiger charge is -2.39. The Bertz CT molecular complexity index is 332. The molecule has 1 saturated carbocycles. The van der Waals surface area contributed by atoms with E-state index in [1.165, 1.54) is 13.0 Å². The zero-order valence-electron chi connectivity index (χ0n) is 14.0. The number of ether oxygens (including phenoxy) is 1. The topological polar surface area (TPSA) is 41.6 Å². The molecule has 1 saturated heterocycles. The summed E-state index contributed by atoms with van der Waals surface area (Å²) in [5.74, 6) is 0.162. The van der Waals surface area contributed by atoms with Crippen molar-refractivity contribution in [1.29, 1.82) is 0 Å². The van der Waals surface area contributed by atoms with Crippen LogP contribution >= 0.6 is 0 Å². The number of nitrogens with zero attached hydrogens (tertiary/aromatic N) is 1. The fourth-order valence-corrected chi connectivity index (χ4v) is 3.93. The summed E-state index contributed by atoms with van der Waals surface area (Å²) in [6, 6.07) is 0.651. The van der Waals surface area contributed by atoms with E-state index in [2.05, 4.69) is 24.1 Å². The molecular weight excluding hydrogens is 264 g/mol. The molecule has 0 radical (unpaired) electrons. The van der Waals surface area contributed by atoms with Gasteiger partial charge >= 0.3 is 5.97 Å². The highest BCUT2D eigenvalue weighted by atomic mass is 16.5. The normalized spacial score (nSPS) is 33.3. The minimum Gasteiger partial charge on any atom is -0.466 e. The Labute approximate surface area is 129 Å². The molecule has 2 rings (SSSR count). The summed E-state index contributed by atoms with van der Waals surface area (Å²) in [5, 5.41) is 3.49. The molecule has 0 amide bonds. The van der Waals surface area contributed by atoms with Crippen LogP contribution < -0.4 is 5.32 Å². The molecule has 0 aromatic heterocycles. The summed E-state index contributed by atoms with van der Waals surface area (Å²) in [7, 11) is 0. The fourth-order valence-electron chi connectivity index (χ4n) is 3.93. The standard InChI is InChI=1S/C17H32N2O2/c1-4-19(13-17(3)10-11-18-12-17)15-8-6-14(7-9-15)16(20)21-5-2/h14-15,18H,4-13H2,1-3H3. The predicted octanol–water partition coefficient (Wildman–Crippen LogP) is 2.43. The Morgan fingerprint density at radius 2 is 2.00 bits per heavy atom. The van der Waals surface area contributed by atoms with Gasteiger partial charge in [-0.1, -0.05) is 13.8 Å². The van der Waals surface area contributed by atoms with Crippen LogP contribution in [0.3, 0.4) is 0 Å². The summed E-state index contributed by atoms with van der Waals surface area (Å²) in [6.07, 6.45) is 5.55. The van der Waals surface area contributed by atoms with E-state index in [0.717, 1.165) is 45.3 Å². The average molecular weight is 296 g/mol. The molecule has 0 aromatic rings. The van der Waals surface area contributed by atoms with Gasteiger partial charge in [0.05, 0.1) is 12.5 Å². The van der Waals surface area contributed by atoms with Crippen molar-refractivity contribution in [2.45, 2.75) is 58.9 Å². The summed E-state index contributed by atoms with van der Waals surface area (Å²) < 4.78 is 5.17. The van der Waals surface area contributed by atoms with Crippen LogP contribution in [-0.4, -0.2) is 49.7 Å². The van der Waals surface area contributed by atoms with Gasteiger partial charge in [-0.05, 0) is 57.5 Å². The highest BCUT2D eigenvalue weighted by Crippen LogP contribution is 2.32. The highest BCUT2D eigenvalue weighted by molar-refractivity contribution is 5.72. The molecule has 1 heterocycles. The molecule has 1 unspecified atom stereocenters. The number of esters is 1. The van der Waals surface area contributed by atoms with Crippen LogP contribution in [0, 0.1) is 11.3 Å². The first kappa shape index (κ1) is 16.8. The Morgan fingerprint density at radius 1 is 1.29 bits per heavy atom. The first-order valence-electron chi connectivity index (χ1n) is 8.69. The lowest BCUT2D eigenvalue weighted by Crippen LogP contribution is -2.45. The van der Waals surface area contributed by atoms with Crippen LogP contribution in [-0.2, 0) is 9.53 Å². The number of hydrogen-bond acceptors (Lipinski definition) is 4. The van der Waals surface area contributed by atoms with Gasteiger partial charge < -0.3 is 15.0 Å². The number of carbonyl (C=O) groups is 1. The van der Waals surface area contributed by atoms with E-state index in [1.54, 1.807) is 0 Å². The van der Waals surface area contributed by atoms with Crippen molar-refractivity contribution < 1.29 is 9.53 Å². The van der Waals surface area contributed by atoms with Crippen molar-refractivity contribution in [3.05, 3.63) is 0 Å². The van der Waals surface area contributed by atoms with Gasteiger partial charge in [-0.25, -0.2) is 0 Å². The minimum atomic E-state index is 0.0194. The van der Waals surface area contributed by atoms with Gasteiger partial charge in [-0.2, -0.15) is 0 Å². The van der Waals surface area contributed by atoms with Gasteiger partial charge in [0.1, 0.15) is 0 Å². The van der Waals surface area contributed by atoms with E-state index in [4.69, 9.17) is 4.74 Å². The third-order valence-corrected chi connectivity index (χ3v) is 5.28. The Hall–Kier alpha value is -0.610. The van der Waals surface area contributed by atoms with E-state index in [1.807, 2.05) is 6.92 Å². The minimum absolute atomic E-state index is 0.0194. The molecule has 4 heteroatoms. The van der Waals surface area contributed by atoms with Gasteiger partial charge in [-0.15, -0.1) is 0 Å². The molecule has 1 atom stereocenters. The number of hydrogen-bond donors (Lipinski definition) is 1. The molecule has 0 spiro atoms. The fraction of sp³-hybridized carbons (Fsp3) is 0.941. The monoisotopic (exact) mass is 296 g/mol.